The second-order valence-electron chi connectivity index (χ2n) is 5.70. The summed E-state index contributed by atoms with van der Waals surface area (Å²) in [6, 6.07) is 5.07. The van der Waals surface area contributed by atoms with E-state index in [9.17, 15) is 21.6 Å². The number of nitrogens with zero attached hydrogens (tertiary/aromatic N) is 2. The second kappa shape index (κ2) is 9.08. The third kappa shape index (κ3) is 7.53. The summed E-state index contributed by atoms with van der Waals surface area (Å²) < 4.78 is 64.3. The maximum absolute atomic E-state index is 12.1. The predicted molar refractivity (Wildman–Crippen MR) is 103 cm³/mol. The molecule has 1 fully saturated rings. The minimum atomic E-state index is -4.74. The van der Waals surface area contributed by atoms with Crippen molar-refractivity contribution < 1.29 is 26.3 Å². The zero-order valence-corrected chi connectivity index (χ0v) is 17.0. The summed E-state index contributed by atoms with van der Waals surface area (Å²) in [5, 5.41) is 2.76. The molecule has 0 bridgehead atoms. The molecular formula is C14H20F3IN4O3S. The van der Waals surface area contributed by atoms with Gasteiger partial charge in [-0.3, -0.25) is 4.99 Å². The van der Waals surface area contributed by atoms with Crippen molar-refractivity contribution in [2.75, 3.05) is 31.2 Å². The normalized spacial score (nSPS) is 19.1. The van der Waals surface area contributed by atoms with E-state index in [4.69, 9.17) is 5.73 Å². The molecule has 3 N–H and O–H groups in total. The maximum Gasteiger partial charge on any atom is 0.573 e. The van der Waals surface area contributed by atoms with E-state index in [0.717, 1.165) is 12.1 Å². The summed E-state index contributed by atoms with van der Waals surface area (Å²) in [4.78, 5) is 4.15. The molecule has 1 aromatic carbocycles. The van der Waals surface area contributed by atoms with E-state index in [1.807, 2.05) is 0 Å². The van der Waals surface area contributed by atoms with Crippen LogP contribution >= 0.6 is 24.0 Å². The van der Waals surface area contributed by atoms with Crippen LogP contribution in [0.5, 0.6) is 5.75 Å². The van der Waals surface area contributed by atoms with E-state index in [1.165, 1.54) is 22.7 Å². The van der Waals surface area contributed by atoms with E-state index in [-0.39, 0.29) is 41.6 Å². The first-order valence-electron chi connectivity index (χ1n) is 7.41. The summed E-state index contributed by atoms with van der Waals surface area (Å²) in [6.45, 7) is 1.23. The van der Waals surface area contributed by atoms with Crippen LogP contribution in [0.2, 0.25) is 0 Å². The van der Waals surface area contributed by atoms with Gasteiger partial charge in [-0.15, -0.1) is 37.1 Å². The Morgan fingerprint density at radius 1 is 1.38 bits per heavy atom. The molecule has 7 nitrogen and oxygen atoms in total. The van der Waals surface area contributed by atoms with Gasteiger partial charge in [0.05, 0.1) is 6.26 Å². The molecule has 0 aliphatic carbocycles. The SMILES string of the molecule is CS(=O)(=O)N1CCC(CN=C(N)Nc2ccc(OC(F)(F)F)cc2)C1.I. The van der Waals surface area contributed by atoms with E-state index >= 15 is 0 Å². The van der Waals surface area contributed by atoms with Gasteiger partial charge in [-0.25, -0.2) is 12.7 Å². The minimum Gasteiger partial charge on any atom is -0.406 e. The van der Waals surface area contributed by atoms with Gasteiger partial charge in [-0.2, -0.15) is 0 Å². The van der Waals surface area contributed by atoms with Crippen molar-refractivity contribution in [1.29, 1.82) is 0 Å². The largest absolute Gasteiger partial charge is 0.573 e. The molecular weight excluding hydrogens is 488 g/mol. The third-order valence-electron chi connectivity index (χ3n) is 3.60. The van der Waals surface area contributed by atoms with Gasteiger partial charge in [0.25, 0.3) is 0 Å². The van der Waals surface area contributed by atoms with Crippen LogP contribution in [0.1, 0.15) is 6.42 Å². The highest BCUT2D eigenvalue weighted by Crippen LogP contribution is 2.24. The number of anilines is 1. The van der Waals surface area contributed by atoms with Crippen LogP contribution in [0.4, 0.5) is 18.9 Å². The Labute approximate surface area is 166 Å². The lowest BCUT2D eigenvalue weighted by atomic mass is 10.1. The van der Waals surface area contributed by atoms with Crippen molar-refractivity contribution in [3.8, 4) is 5.75 Å². The Morgan fingerprint density at radius 3 is 2.50 bits per heavy atom. The molecule has 0 radical (unpaired) electrons. The molecule has 1 atom stereocenters. The topological polar surface area (TPSA) is 97.0 Å². The van der Waals surface area contributed by atoms with Gasteiger partial charge in [0.15, 0.2) is 5.96 Å². The molecule has 1 aliphatic rings. The van der Waals surface area contributed by atoms with E-state index in [0.29, 0.717) is 31.7 Å². The van der Waals surface area contributed by atoms with Crippen LogP contribution in [-0.2, 0) is 10.0 Å². The lowest BCUT2D eigenvalue weighted by molar-refractivity contribution is -0.274. The fourth-order valence-electron chi connectivity index (χ4n) is 2.40. The molecule has 1 unspecified atom stereocenters. The summed E-state index contributed by atoms with van der Waals surface area (Å²) in [5.41, 5.74) is 6.20. The minimum absolute atomic E-state index is 0. The Kier molecular flexibility index (Phi) is 7.95. The van der Waals surface area contributed by atoms with Crippen LogP contribution in [0, 0.1) is 5.92 Å². The number of halogens is 4. The van der Waals surface area contributed by atoms with Crippen LogP contribution in [0.15, 0.2) is 29.3 Å². The van der Waals surface area contributed by atoms with Gasteiger partial charge in [0.1, 0.15) is 5.75 Å². The monoisotopic (exact) mass is 508 g/mol. The van der Waals surface area contributed by atoms with Gasteiger partial charge in [-0.05, 0) is 36.6 Å². The Hall–Kier alpha value is -1.28. The number of aliphatic imine (C=N–C) groups is 1. The quantitative estimate of drug-likeness (QED) is 0.361. The molecule has 1 heterocycles. The number of nitrogens with two attached hydrogens (primary N) is 1. The first-order valence-corrected chi connectivity index (χ1v) is 9.25. The van der Waals surface area contributed by atoms with Gasteiger partial charge >= 0.3 is 6.36 Å². The first-order chi connectivity index (χ1) is 11.5. The van der Waals surface area contributed by atoms with Gasteiger partial charge < -0.3 is 15.8 Å². The summed E-state index contributed by atoms with van der Waals surface area (Å²) in [5.74, 6) is -0.152. The zero-order valence-electron chi connectivity index (χ0n) is 13.9. The van der Waals surface area contributed by atoms with Crippen molar-refractivity contribution in [2.24, 2.45) is 16.6 Å². The van der Waals surface area contributed by atoms with Crippen LogP contribution in [0.3, 0.4) is 0 Å². The van der Waals surface area contributed by atoms with Crippen LogP contribution in [-0.4, -0.2) is 50.9 Å². The molecule has 1 saturated heterocycles. The average molecular weight is 508 g/mol. The Bertz CT molecular complexity index is 726. The molecule has 1 aromatic rings. The summed E-state index contributed by atoms with van der Waals surface area (Å²) in [7, 11) is -3.19. The van der Waals surface area contributed by atoms with E-state index in [1.54, 1.807) is 0 Å². The summed E-state index contributed by atoms with van der Waals surface area (Å²) >= 11 is 0. The highest BCUT2D eigenvalue weighted by atomic mass is 127. The van der Waals surface area contributed by atoms with Crippen molar-refractivity contribution in [3.05, 3.63) is 24.3 Å². The lowest BCUT2D eigenvalue weighted by Crippen LogP contribution is -2.28. The highest BCUT2D eigenvalue weighted by Gasteiger charge is 2.31. The Balaban J connectivity index is 0.00000338. The molecule has 148 valence electrons. The smallest absolute Gasteiger partial charge is 0.406 e. The number of benzene rings is 1. The number of hydrogen-bond donors (Lipinski definition) is 2. The molecule has 2 rings (SSSR count). The molecule has 0 spiro atoms. The number of nitrogens with one attached hydrogen (secondary N) is 1. The number of rotatable bonds is 5. The number of ether oxygens (including phenoxy) is 1. The average Bonchev–Trinajstić information content (AvgIpc) is 2.95. The number of sulfonamides is 1. The van der Waals surface area contributed by atoms with Gasteiger partial charge in [0.2, 0.25) is 10.0 Å². The predicted octanol–water partition coefficient (Wildman–Crippen LogP) is 2.21. The summed E-state index contributed by atoms with van der Waals surface area (Å²) in [6.07, 6.45) is -2.87. The number of guanidine groups is 1. The highest BCUT2D eigenvalue weighted by molar-refractivity contribution is 14.0. The first kappa shape index (κ1) is 22.8. The number of hydrogen-bond acceptors (Lipinski definition) is 4. The standard InChI is InChI=1S/C14H19F3N4O3S.HI/c1-25(22,23)21-7-6-10(9-21)8-19-13(18)20-11-2-4-12(5-3-11)24-14(15,16)17;/h2-5,10H,6-9H2,1H3,(H3,18,19,20);1H. The molecule has 1 aliphatic heterocycles. The number of alkyl halides is 3. The third-order valence-corrected chi connectivity index (χ3v) is 4.87. The van der Waals surface area contributed by atoms with Crippen LogP contribution in [0.25, 0.3) is 0 Å². The van der Waals surface area contributed by atoms with Crippen molar-refractivity contribution in [1.82, 2.24) is 4.31 Å². The molecule has 0 aromatic heterocycles. The van der Waals surface area contributed by atoms with E-state index < -0.39 is 16.4 Å². The van der Waals surface area contributed by atoms with E-state index in [2.05, 4.69) is 15.0 Å². The second-order valence-corrected chi connectivity index (χ2v) is 7.68. The molecule has 12 heteroatoms. The zero-order chi connectivity index (χ0) is 18.7. The fraction of sp³-hybridized carbons (Fsp3) is 0.500. The van der Waals surface area contributed by atoms with Crippen LogP contribution < -0.4 is 15.8 Å². The fourth-order valence-corrected chi connectivity index (χ4v) is 3.32. The van der Waals surface area contributed by atoms with Crippen molar-refractivity contribution in [3.63, 3.8) is 0 Å². The van der Waals surface area contributed by atoms with Gasteiger partial charge in [0, 0.05) is 25.3 Å². The Morgan fingerprint density at radius 2 is 2.00 bits per heavy atom. The molecule has 0 saturated carbocycles. The molecule has 0 amide bonds. The van der Waals surface area contributed by atoms with Crippen molar-refractivity contribution in [2.45, 2.75) is 12.8 Å². The van der Waals surface area contributed by atoms with Gasteiger partial charge in [-0.1, -0.05) is 0 Å². The molecule has 26 heavy (non-hydrogen) atoms. The maximum atomic E-state index is 12.1. The lowest BCUT2D eigenvalue weighted by Gasteiger charge is -2.12. The van der Waals surface area contributed by atoms with Crippen molar-refractivity contribution >= 4 is 45.6 Å².